The minimum Gasteiger partial charge on any atom is -0.481 e. The van der Waals surface area contributed by atoms with E-state index in [0.717, 1.165) is 17.0 Å². The molecule has 3 rings (SSSR count). The second-order valence-corrected chi connectivity index (χ2v) is 7.14. The van der Waals surface area contributed by atoms with Crippen molar-refractivity contribution in [3.8, 4) is 0 Å². The summed E-state index contributed by atoms with van der Waals surface area (Å²) in [7, 11) is 0. The van der Waals surface area contributed by atoms with Gasteiger partial charge in [0, 0.05) is 13.0 Å². The number of aryl methyl sites for hydroxylation is 1. The Bertz CT molecular complexity index is 783. The minimum absolute atomic E-state index is 0.0720. The largest absolute Gasteiger partial charge is 0.481 e. The molecule has 0 saturated heterocycles. The van der Waals surface area contributed by atoms with E-state index in [0.29, 0.717) is 26.1 Å². The Morgan fingerprint density at radius 2 is 1.92 bits per heavy atom. The van der Waals surface area contributed by atoms with E-state index in [1.165, 1.54) is 0 Å². The van der Waals surface area contributed by atoms with E-state index in [1.54, 1.807) is 0 Å². The number of fused-ring (bicyclic) bond motifs is 1. The van der Waals surface area contributed by atoms with Gasteiger partial charge in [0.15, 0.2) is 0 Å². The highest BCUT2D eigenvalue weighted by Crippen LogP contribution is 2.28. The summed E-state index contributed by atoms with van der Waals surface area (Å²) in [6.07, 6.45) is 0.491. The Kier molecular flexibility index (Phi) is 5.40. The molecule has 26 heavy (non-hydrogen) atoms. The van der Waals surface area contributed by atoms with Crippen molar-refractivity contribution in [3.05, 3.63) is 53.3 Å². The normalized spacial score (nSPS) is 15.0. The van der Waals surface area contributed by atoms with Crippen LogP contribution in [0.4, 0.5) is 0 Å². The zero-order valence-corrected chi connectivity index (χ0v) is 15.3. The van der Waals surface area contributed by atoms with Crippen LogP contribution in [0, 0.1) is 5.92 Å². The summed E-state index contributed by atoms with van der Waals surface area (Å²) in [5, 5.41) is 13.3. The smallest absolute Gasteiger partial charge is 0.303 e. The van der Waals surface area contributed by atoms with Crippen LogP contribution in [0.15, 0.2) is 36.4 Å². The molecule has 2 aromatic rings. The van der Waals surface area contributed by atoms with Crippen molar-refractivity contribution in [1.82, 2.24) is 14.7 Å². The van der Waals surface area contributed by atoms with Crippen molar-refractivity contribution in [2.45, 2.75) is 45.7 Å². The number of nitrogens with zero attached hydrogens (tertiary/aromatic N) is 3. The van der Waals surface area contributed by atoms with E-state index >= 15 is 0 Å². The van der Waals surface area contributed by atoms with Gasteiger partial charge in [-0.2, -0.15) is 5.10 Å². The van der Waals surface area contributed by atoms with Gasteiger partial charge in [0.05, 0.1) is 36.8 Å². The lowest BCUT2D eigenvalue weighted by Crippen LogP contribution is -2.42. The Morgan fingerprint density at radius 3 is 2.58 bits per heavy atom. The number of carbonyl (C=O) groups excluding carboxylic acids is 1. The van der Waals surface area contributed by atoms with Gasteiger partial charge >= 0.3 is 5.97 Å². The Hall–Kier alpha value is -2.63. The zero-order chi connectivity index (χ0) is 18.7. The maximum absolute atomic E-state index is 13.2. The standard InChI is InChI=1S/C20H25N3O3/c1-14(2)19(15-6-4-3-5-7-15)20(26)22-10-11-23-17(13-22)12-16(21-23)8-9-18(24)25/h3-7,12,14,19H,8-11,13H2,1-2H3,(H,24,25). The van der Waals surface area contributed by atoms with E-state index < -0.39 is 5.97 Å². The van der Waals surface area contributed by atoms with Crippen LogP contribution >= 0.6 is 0 Å². The Balaban J connectivity index is 1.74. The number of hydrogen-bond donors (Lipinski definition) is 1. The van der Waals surface area contributed by atoms with Gasteiger partial charge in [0.1, 0.15) is 0 Å². The molecular formula is C20H25N3O3. The van der Waals surface area contributed by atoms with Gasteiger partial charge < -0.3 is 10.0 Å². The van der Waals surface area contributed by atoms with Gasteiger partial charge in [0.25, 0.3) is 0 Å². The molecule has 1 aromatic heterocycles. The molecule has 1 aromatic carbocycles. The van der Waals surface area contributed by atoms with E-state index in [2.05, 4.69) is 18.9 Å². The summed E-state index contributed by atoms with van der Waals surface area (Å²) in [6.45, 7) is 5.95. The number of hydrogen-bond acceptors (Lipinski definition) is 3. The lowest BCUT2D eigenvalue weighted by atomic mass is 9.87. The van der Waals surface area contributed by atoms with Crippen LogP contribution < -0.4 is 0 Å². The summed E-state index contributed by atoms with van der Waals surface area (Å²) in [5.74, 6) is -0.624. The summed E-state index contributed by atoms with van der Waals surface area (Å²) in [5.41, 5.74) is 2.80. The quantitative estimate of drug-likeness (QED) is 0.864. The summed E-state index contributed by atoms with van der Waals surface area (Å²) in [6, 6.07) is 11.9. The second kappa shape index (κ2) is 7.72. The van der Waals surface area contributed by atoms with E-state index in [4.69, 9.17) is 5.11 Å². The highest BCUT2D eigenvalue weighted by molar-refractivity contribution is 5.84. The number of aliphatic carboxylic acids is 1. The molecule has 6 nitrogen and oxygen atoms in total. The molecule has 0 saturated carbocycles. The molecule has 0 bridgehead atoms. The van der Waals surface area contributed by atoms with Crippen LogP contribution in [0.5, 0.6) is 0 Å². The lowest BCUT2D eigenvalue weighted by molar-refractivity contribution is -0.137. The molecule has 1 unspecified atom stereocenters. The van der Waals surface area contributed by atoms with Crippen molar-refractivity contribution < 1.29 is 14.7 Å². The van der Waals surface area contributed by atoms with Gasteiger partial charge in [0.2, 0.25) is 5.91 Å². The average molecular weight is 355 g/mol. The van der Waals surface area contributed by atoms with Gasteiger partial charge in [-0.1, -0.05) is 44.2 Å². The number of carboxylic acid groups (broad SMARTS) is 1. The SMILES string of the molecule is CC(C)C(C(=O)N1CCn2nc(CCC(=O)O)cc2C1)c1ccccc1. The van der Waals surface area contributed by atoms with Crippen LogP contribution in [0.3, 0.4) is 0 Å². The first-order chi connectivity index (χ1) is 12.5. The Morgan fingerprint density at radius 1 is 1.19 bits per heavy atom. The monoisotopic (exact) mass is 355 g/mol. The average Bonchev–Trinajstić information content (AvgIpc) is 3.02. The molecule has 1 atom stereocenters. The molecule has 2 heterocycles. The number of benzene rings is 1. The molecule has 1 amide bonds. The second-order valence-electron chi connectivity index (χ2n) is 7.14. The molecule has 1 aliphatic heterocycles. The van der Waals surface area contributed by atoms with Crippen LogP contribution in [0.2, 0.25) is 0 Å². The number of carboxylic acids is 1. The van der Waals surface area contributed by atoms with Crippen molar-refractivity contribution >= 4 is 11.9 Å². The van der Waals surface area contributed by atoms with Crippen LogP contribution in [0.1, 0.15) is 43.1 Å². The molecule has 0 aliphatic carbocycles. The summed E-state index contributed by atoms with van der Waals surface area (Å²) >= 11 is 0. The maximum Gasteiger partial charge on any atom is 0.303 e. The van der Waals surface area contributed by atoms with Crippen molar-refractivity contribution in [2.24, 2.45) is 5.92 Å². The molecule has 1 aliphatic rings. The van der Waals surface area contributed by atoms with Gasteiger partial charge in [-0.3, -0.25) is 14.3 Å². The van der Waals surface area contributed by atoms with Crippen LogP contribution in [-0.4, -0.2) is 38.2 Å². The number of rotatable bonds is 6. The molecule has 138 valence electrons. The first kappa shape index (κ1) is 18.2. The minimum atomic E-state index is -0.824. The van der Waals surface area contributed by atoms with Gasteiger partial charge in [-0.25, -0.2) is 0 Å². The fourth-order valence-electron chi connectivity index (χ4n) is 3.54. The van der Waals surface area contributed by atoms with Crippen molar-refractivity contribution in [2.75, 3.05) is 6.54 Å². The zero-order valence-electron chi connectivity index (χ0n) is 15.3. The third-order valence-corrected chi connectivity index (χ3v) is 4.85. The fraction of sp³-hybridized carbons (Fsp3) is 0.450. The van der Waals surface area contributed by atoms with E-state index in [-0.39, 0.29) is 24.2 Å². The summed E-state index contributed by atoms with van der Waals surface area (Å²) < 4.78 is 1.90. The Labute approximate surface area is 153 Å². The fourth-order valence-corrected chi connectivity index (χ4v) is 3.54. The number of carbonyl (C=O) groups is 2. The topological polar surface area (TPSA) is 75.4 Å². The first-order valence-corrected chi connectivity index (χ1v) is 9.07. The third-order valence-electron chi connectivity index (χ3n) is 4.85. The number of aromatic nitrogens is 2. The molecule has 0 spiro atoms. The highest BCUT2D eigenvalue weighted by atomic mass is 16.4. The van der Waals surface area contributed by atoms with Crippen LogP contribution in [0.25, 0.3) is 0 Å². The first-order valence-electron chi connectivity index (χ1n) is 9.07. The van der Waals surface area contributed by atoms with Crippen molar-refractivity contribution in [3.63, 3.8) is 0 Å². The summed E-state index contributed by atoms with van der Waals surface area (Å²) in [4.78, 5) is 25.8. The predicted octanol–water partition coefficient (Wildman–Crippen LogP) is 2.68. The predicted molar refractivity (Wildman–Crippen MR) is 97.6 cm³/mol. The molecule has 6 heteroatoms. The molecular weight excluding hydrogens is 330 g/mol. The van der Waals surface area contributed by atoms with Crippen molar-refractivity contribution in [1.29, 1.82) is 0 Å². The van der Waals surface area contributed by atoms with E-state index in [1.807, 2.05) is 46.0 Å². The lowest BCUT2D eigenvalue weighted by Gasteiger charge is -2.32. The number of amides is 1. The van der Waals surface area contributed by atoms with Gasteiger partial charge in [-0.05, 0) is 17.5 Å². The van der Waals surface area contributed by atoms with E-state index in [9.17, 15) is 9.59 Å². The highest BCUT2D eigenvalue weighted by Gasteiger charge is 2.31. The third kappa shape index (κ3) is 3.95. The maximum atomic E-state index is 13.2. The van der Waals surface area contributed by atoms with Crippen LogP contribution in [-0.2, 0) is 29.1 Å². The molecule has 0 radical (unpaired) electrons. The molecule has 1 N–H and O–H groups in total. The molecule has 0 fully saturated rings. The van der Waals surface area contributed by atoms with Gasteiger partial charge in [-0.15, -0.1) is 0 Å².